The third-order valence-corrected chi connectivity index (χ3v) is 4.13. The quantitative estimate of drug-likeness (QED) is 0.790. The summed E-state index contributed by atoms with van der Waals surface area (Å²) in [5, 5.41) is 0. The molecule has 5 heteroatoms. The van der Waals surface area contributed by atoms with Crippen LogP contribution in [0.15, 0.2) is 17.0 Å². The number of aryl methyl sites for hydroxylation is 2. The highest BCUT2D eigenvalue weighted by Crippen LogP contribution is 2.25. The maximum atomic E-state index is 12.0. The highest BCUT2D eigenvalue weighted by Gasteiger charge is 2.21. The van der Waals surface area contributed by atoms with Gasteiger partial charge in [-0.3, -0.25) is 0 Å². The molecule has 0 unspecified atom stereocenters. The lowest BCUT2D eigenvalue weighted by Crippen LogP contribution is -2.31. The van der Waals surface area contributed by atoms with E-state index in [1.807, 2.05) is 6.07 Å². The normalized spacial score (nSPS) is 12.1. The van der Waals surface area contributed by atoms with E-state index in [9.17, 15) is 8.42 Å². The number of benzene rings is 1. The molecule has 0 spiro atoms. The minimum atomic E-state index is -3.52. The minimum Gasteiger partial charge on any atom is -0.397 e. The Morgan fingerprint density at radius 3 is 2.19 bits per heavy atom. The second-order valence-electron chi connectivity index (χ2n) is 4.22. The second kappa shape index (κ2) is 4.43. The third kappa shape index (κ3) is 2.54. The Labute approximate surface area is 96.9 Å². The van der Waals surface area contributed by atoms with E-state index in [2.05, 4.69) is 4.72 Å². The number of nitrogens with two attached hydrogens (primary N) is 1. The number of anilines is 1. The molecule has 0 aliphatic rings. The van der Waals surface area contributed by atoms with Gasteiger partial charge >= 0.3 is 0 Å². The van der Waals surface area contributed by atoms with Crippen LogP contribution in [0.1, 0.15) is 25.0 Å². The van der Waals surface area contributed by atoms with Gasteiger partial charge in [0.15, 0.2) is 0 Å². The molecule has 90 valence electrons. The Morgan fingerprint density at radius 1 is 1.19 bits per heavy atom. The average Bonchev–Trinajstić information content (AvgIpc) is 2.09. The van der Waals surface area contributed by atoms with E-state index in [-0.39, 0.29) is 10.9 Å². The molecule has 0 fully saturated rings. The van der Waals surface area contributed by atoms with E-state index in [0.717, 1.165) is 5.56 Å². The summed E-state index contributed by atoms with van der Waals surface area (Å²) in [4.78, 5) is 0.196. The molecule has 0 saturated carbocycles. The smallest absolute Gasteiger partial charge is 0.243 e. The van der Waals surface area contributed by atoms with Gasteiger partial charge in [0.25, 0.3) is 0 Å². The summed E-state index contributed by atoms with van der Waals surface area (Å²) >= 11 is 0. The van der Waals surface area contributed by atoms with Crippen LogP contribution in [0.25, 0.3) is 0 Å². The van der Waals surface area contributed by atoms with E-state index < -0.39 is 10.0 Å². The zero-order valence-corrected chi connectivity index (χ0v) is 10.9. The first-order valence-electron chi connectivity index (χ1n) is 5.13. The number of hydrogen-bond donors (Lipinski definition) is 2. The van der Waals surface area contributed by atoms with Crippen molar-refractivity contribution in [3.05, 3.63) is 23.3 Å². The van der Waals surface area contributed by atoms with Crippen LogP contribution in [0.3, 0.4) is 0 Å². The van der Waals surface area contributed by atoms with Gasteiger partial charge in [0, 0.05) is 6.04 Å². The lowest BCUT2D eigenvalue weighted by atomic mass is 10.1. The predicted molar refractivity (Wildman–Crippen MR) is 65.8 cm³/mol. The van der Waals surface area contributed by atoms with Gasteiger partial charge in [-0.25, -0.2) is 13.1 Å². The van der Waals surface area contributed by atoms with Crippen molar-refractivity contribution in [3.8, 4) is 0 Å². The van der Waals surface area contributed by atoms with Crippen molar-refractivity contribution in [1.82, 2.24) is 4.72 Å². The van der Waals surface area contributed by atoms with Gasteiger partial charge in [-0.2, -0.15) is 0 Å². The Kier molecular flexibility index (Phi) is 3.60. The Hall–Kier alpha value is -1.07. The molecule has 0 aliphatic carbocycles. The van der Waals surface area contributed by atoms with Crippen LogP contribution in [0.2, 0.25) is 0 Å². The molecule has 1 rings (SSSR count). The number of rotatable bonds is 3. The summed E-state index contributed by atoms with van der Waals surface area (Å²) < 4.78 is 26.6. The molecule has 1 aromatic rings. The molecular formula is C11H18N2O2S. The van der Waals surface area contributed by atoms with Crippen LogP contribution >= 0.6 is 0 Å². The van der Waals surface area contributed by atoms with Crippen molar-refractivity contribution >= 4 is 15.7 Å². The lowest BCUT2D eigenvalue weighted by Gasteiger charge is -2.15. The van der Waals surface area contributed by atoms with Crippen LogP contribution in [0, 0.1) is 13.8 Å². The Bertz CT molecular complexity index is 493. The molecule has 1 aromatic carbocycles. The molecule has 16 heavy (non-hydrogen) atoms. The molecule has 3 N–H and O–H groups in total. The van der Waals surface area contributed by atoms with Gasteiger partial charge in [0.1, 0.15) is 4.90 Å². The first-order chi connectivity index (χ1) is 7.25. The monoisotopic (exact) mass is 242 g/mol. The molecule has 0 amide bonds. The minimum absolute atomic E-state index is 0.149. The summed E-state index contributed by atoms with van der Waals surface area (Å²) in [5.74, 6) is 0. The van der Waals surface area contributed by atoms with Crippen LogP contribution in [0.5, 0.6) is 0 Å². The van der Waals surface area contributed by atoms with E-state index in [0.29, 0.717) is 11.3 Å². The summed E-state index contributed by atoms with van der Waals surface area (Å²) in [7, 11) is -3.52. The van der Waals surface area contributed by atoms with Gasteiger partial charge in [-0.05, 0) is 38.8 Å². The van der Waals surface area contributed by atoms with Crippen LogP contribution in [-0.4, -0.2) is 14.5 Å². The SMILES string of the molecule is Cc1ccc(C)c(S(=O)(=O)NC(C)C)c1N. The second-order valence-corrected chi connectivity index (χ2v) is 5.87. The van der Waals surface area contributed by atoms with Crippen molar-refractivity contribution in [3.63, 3.8) is 0 Å². The van der Waals surface area contributed by atoms with Gasteiger partial charge < -0.3 is 5.73 Å². The average molecular weight is 242 g/mol. The van der Waals surface area contributed by atoms with Gasteiger partial charge in [0.2, 0.25) is 10.0 Å². The molecule has 0 bridgehead atoms. The largest absolute Gasteiger partial charge is 0.397 e. The Morgan fingerprint density at radius 2 is 1.69 bits per heavy atom. The van der Waals surface area contributed by atoms with Crippen molar-refractivity contribution in [2.75, 3.05) is 5.73 Å². The molecule has 0 aromatic heterocycles. The van der Waals surface area contributed by atoms with Crippen LogP contribution < -0.4 is 10.5 Å². The number of sulfonamides is 1. The van der Waals surface area contributed by atoms with Crippen molar-refractivity contribution < 1.29 is 8.42 Å². The number of nitrogen functional groups attached to an aromatic ring is 1. The van der Waals surface area contributed by atoms with E-state index in [4.69, 9.17) is 5.73 Å². The zero-order valence-electron chi connectivity index (χ0n) is 10.0. The summed E-state index contributed by atoms with van der Waals surface area (Å²) in [6, 6.07) is 3.43. The fourth-order valence-electron chi connectivity index (χ4n) is 1.53. The zero-order chi connectivity index (χ0) is 12.5. The third-order valence-electron chi connectivity index (χ3n) is 2.27. The molecule has 0 radical (unpaired) electrons. The maximum absolute atomic E-state index is 12.0. The summed E-state index contributed by atoms with van der Waals surface area (Å²) in [6.07, 6.45) is 0. The molecular weight excluding hydrogens is 224 g/mol. The number of nitrogens with one attached hydrogen (secondary N) is 1. The molecule has 4 nitrogen and oxygen atoms in total. The van der Waals surface area contributed by atoms with Crippen molar-refractivity contribution in [1.29, 1.82) is 0 Å². The fourth-order valence-corrected chi connectivity index (χ4v) is 3.21. The predicted octanol–water partition coefficient (Wildman–Crippen LogP) is 1.57. The van der Waals surface area contributed by atoms with E-state index in [1.54, 1.807) is 33.8 Å². The first-order valence-corrected chi connectivity index (χ1v) is 6.62. The first kappa shape index (κ1) is 13.0. The van der Waals surface area contributed by atoms with Crippen LogP contribution in [-0.2, 0) is 10.0 Å². The molecule has 0 heterocycles. The molecule has 0 aliphatic heterocycles. The number of hydrogen-bond acceptors (Lipinski definition) is 3. The highest BCUT2D eigenvalue weighted by atomic mass is 32.2. The van der Waals surface area contributed by atoms with Crippen molar-refractivity contribution in [2.45, 2.75) is 38.6 Å². The van der Waals surface area contributed by atoms with Gasteiger partial charge in [-0.1, -0.05) is 12.1 Å². The molecule has 0 saturated heterocycles. The maximum Gasteiger partial charge on any atom is 0.243 e. The standard InChI is InChI=1S/C11H18N2O2S/c1-7(2)13-16(14,15)11-9(4)6-5-8(3)10(11)12/h5-7,13H,12H2,1-4H3. The summed E-state index contributed by atoms with van der Waals surface area (Å²) in [6.45, 7) is 7.09. The molecule has 0 atom stereocenters. The lowest BCUT2D eigenvalue weighted by molar-refractivity contribution is 0.569. The fraction of sp³-hybridized carbons (Fsp3) is 0.455. The van der Waals surface area contributed by atoms with E-state index in [1.165, 1.54) is 0 Å². The highest BCUT2D eigenvalue weighted by molar-refractivity contribution is 7.89. The van der Waals surface area contributed by atoms with Gasteiger partial charge in [0.05, 0.1) is 5.69 Å². The topological polar surface area (TPSA) is 72.2 Å². The summed E-state index contributed by atoms with van der Waals surface area (Å²) in [5.41, 5.74) is 7.59. The van der Waals surface area contributed by atoms with Crippen molar-refractivity contribution in [2.24, 2.45) is 0 Å². The van der Waals surface area contributed by atoms with Gasteiger partial charge in [-0.15, -0.1) is 0 Å². The Balaban J connectivity index is 3.38. The van der Waals surface area contributed by atoms with Crippen LogP contribution in [0.4, 0.5) is 5.69 Å². The van der Waals surface area contributed by atoms with E-state index >= 15 is 0 Å².